The van der Waals surface area contributed by atoms with Crippen molar-refractivity contribution >= 4 is 11.6 Å². The average molecular weight is 389 g/mol. The highest BCUT2D eigenvalue weighted by molar-refractivity contribution is 5.92. The fraction of sp³-hybridized carbons (Fsp3) is 0.250. The number of carbonyl (C=O) groups excluding carboxylic acids is 1. The van der Waals surface area contributed by atoms with Gasteiger partial charge in [-0.1, -0.05) is 42.5 Å². The van der Waals surface area contributed by atoms with Crippen LogP contribution >= 0.6 is 0 Å². The molecule has 0 saturated carbocycles. The van der Waals surface area contributed by atoms with Gasteiger partial charge in [0.2, 0.25) is 0 Å². The van der Waals surface area contributed by atoms with Gasteiger partial charge >= 0.3 is 0 Å². The molecule has 0 saturated heterocycles. The first kappa shape index (κ1) is 20.4. The van der Waals surface area contributed by atoms with Crippen LogP contribution in [0.2, 0.25) is 0 Å². The summed E-state index contributed by atoms with van der Waals surface area (Å²) >= 11 is 0. The highest BCUT2D eigenvalue weighted by atomic mass is 16.5. The van der Waals surface area contributed by atoms with Crippen molar-refractivity contribution in [2.45, 2.75) is 19.3 Å². The quantitative estimate of drug-likeness (QED) is 0.512. The zero-order valence-electron chi connectivity index (χ0n) is 16.7. The number of ether oxygens (including phenoxy) is 1. The molecule has 2 aromatic carbocycles. The molecule has 0 aliphatic rings. The maximum atomic E-state index is 12.2. The van der Waals surface area contributed by atoms with Crippen LogP contribution in [0.1, 0.15) is 28.0 Å². The summed E-state index contributed by atoms with van der Waals surface area (Å²) < 4.78 is 5.24. The van der Waals surface area contributed by atoms with Gasteiger partial charge in [0.15, 0.2) is 0 Å². The largest absolute Gasteiger partial charge is 0.497 e. The van der Waals surface area contributed by atoms with Gasteiger partial charge in [-0.15, -0.1) is 0 Å². The van der Waals surface area contributed by atoms with Gasteiger partial charge in [0.25, 0.3) is 5.91 Å². The van der Waals surface area contributed by atoms with Crippen molar-refractivity contribution in [1.29, 1.82) is 0 Å². The van der Waals surface area contributed by atoms with Gasteiger partial charge in [0.1, 0.15) is 11.4 Å². The Bertz CT molecular complexity index is 896. The van der Waals surface area contributed by atoms with Crippen molar-refractivity contribution in [3.8, 4) is 5.75 Å². The number of benzene rings is 2. The second-order valence-electron chi connectivity index (χ2n) is 6.81. The molecular weight excluding hydrogens is 362 g/mol. The smallest absolute Gasteiger partial charge is 0.269 e. The van der Waals surface area contributed by atoms with Crippen LogP contribution in [0.15, 0.2) is 72.9 Å². The number of anilines is 1. The van der Waals surface area contributed by atoms with Crippen molar-refractivity contribution in [3.63, 3.8) is 0 Å². The second-order valence-corrected chi connectivity index (χ2v) is 6.81. The summed E-state index contributed by atoms with van der Waals surface area (Å²) in [5.74, 6) is 0.726. The standard InChI is InChI=1S/C24H27N3O2/c1-29-22-11-5-9-20(17-22)14-16-25-21-12-13-23(27-18-21)24(28)26-15-6-10-19-7-3-2-4-8-19/h2-5,7-9,11-13,17-18,25H,6,10,14-16H2,1H3,(H,26,28). The number of pyridine rings is 1. The van der Waals surface area contributed by atoms with Crippen LogP contribution in [0.3, 0.4) is 0 Å². The number of hydrogen-bond donors (Lipinski definition) is 2. The lowest BCUT2D eigenvalue weighted by molar-refractivity contribution is 0.0948. The van der Waals surface area contributed by atoms with E-state index in [9.17, 15) is 4.79 Å². The molecule has 0 radical (unpaired) electrons. The summed E-state index contributed by atoms with van der Waals surface area (Å²) in [5, 5.41) is 6.26. The molecule has 0 atom stereocenters. The van der Waals surface area contributed by atoms with Gasteiger partial charge in [-0.3, -0.25) is 4.79 Å². The third-order valence-corrected chi connectivity index (χ3v) is 4.64. The molecule has 5 nitrogen and oxygen atoms in total. The van der Waals surface area contributed by atoms with E-state index in [0.29, 0.717) is 12.2 Å². The van der Waals surface area contributed by atoms with Gasteiger partial charge in [0.05, 0.1) is 19.0 Å². The first-order valence-corrected chi connectivity index (χ1v) is 9.89. The molecule has 0 fully saturated rings. The van der Waals surface area contributed by atoms with Crippen LogP contribution in [0.5, 0.6) is 5.75 Å². The Morgan fingerprint density at radius 3 is 2.52 bits per heavy atom. The van der Waals surface area contributed by atoms with E-state index in [1.807, 2.05) is 42.5 Å². The van der Waals surface area contributed by atoms with Crippen LogP contribution in [0.4, 0.5) is 5.69 Å². The molecule has 5 heteroatoms. The Morgan fingerprint density at radius 1 is 0.931 bits per heavy atom. The van der Waals surface area contributed by atoms with E-state index < -0.39 is 0 Å². The number of amides is 1. The topological polar surface area (TPSA) is 63.2 Å². The maximum Gasteiger partial charge on any atom is 0.269 e. The molecule has 150 valence electrons. The number of aryl methyl sites for hydroxylation is 1. The third-order valence-electron chi connectivity index (χ3n) is 4.64. The third kappa shape index (κ3) is 6.64. The fourth-order valence-electron chi connectivity index (χ4n) is 3.04. The Kier molecular flexibility index (Phi) is 7.63. The van der Waals surface area contributed by atoms with Gasteiger partial charge in [-0.2, -0.15) is 0 Å². The molecule has 1 amide bonds. The van der Waals surface area contributed by atoms with E-state index in [1.165, 1.54) is 11.1 Å². The number of nitrogens with zero attached hydrogens (tertiary/aromatic N) is 1. The molecule has 3 aromatic rings. The lowest BCUT2D eigenvalue weighted by Gasteiger charge is -2.08. The summed E-state index contributed by atoms with van der Waals surface area (Å²) in [5.41, 5.74) is 3.82. The summed E-state index contributed by atoms with van der Waals surface area (Å²) in [6.07, 6.45) is 4.43. The number of aromatic nitrogens is 1. The SMILES string of the molecule is COc1cccc(CCNc2ccc(C(=O)NCCCc3ccccc3)nc2)c1. The van der Waals surface area contributed by atoms with Crippen molar-refractivity contribution in [2.24, 2.45) is 0 Å². The van der Waals surface area contributed by atoms with E-state index in [1.54, 1.807) is 19.4 Å². The predicted octanol–water partition coefficient (Wildman–Crippen LogP) is 4.11. The molecule has 2 N–H and O–H groups in total. The first-order valence-electron chi connectivity index (χ1n) is 9.89. The highest BCUT2D eigenvalue weighted by Gasteiger charge is 2.06. The predicted molar refractivity (Wildman–Crippen MR) is 117 cm³/mol. The number of carbonyl (C=O) groups is 1. The van der Waals surface area contributed by atoms with Gasteiger partial charge in [-0.25, -0.2) is 4.98 Å². The van der Waals surface area contributed by atoms with Crippen LogP contribution in [-0.4, -0.2) is 31.1 Å². The Morgan fingerprint density at radius 2 is 1.76 bits per heavy atom. The number of nitrogens with one attached hydrogen (secondary N) is 2. The molecule has 0 bridgehead atoms. The van der Waals surface area contributed by atoms with E-state index in [0.717, 1.165) is 37.2 Å². The van der Waals surface area contributed by atoms with Gasteiger partial charge in [0, 0.05) is 13.1 Å². The summed E-state index contributed by atoms with van der Waals surface area (Å²) in [6, 6.07) is 21.9. The maximum absolute atomic E-state index is 12.2. The van der Waals surface area contributed by atoms with Gasteiger partial charge < -0.3 is 15.4 Å². The molecule has 0 aliphatic carbocycles. The van der Waals surface area contributed by atoms with Crippen molar-refractivity contribution in [2.75, 3.05) is 25.5 Å². The minimum atomic E-state index is -0.138. The van der Waals surface area contributed by atoms with Crippen LogP contribution in [-0.2, 0) is 12.8 Å². The normalized spacial score (nSPS) is 10.4. The van der Waals surface area contributed by atoms with Crippen molar-refractivity contribution < 1.29 is 9.53 Å². The number of rotatable bonds is 10. The molecule has 1 heterocycles. The Labute approximate surface area is 172 Å². The minimum Gasteiger partial charge on any atom is -0.497 e. The zero-order chi connectivity index (χ0) is 20.3. The second kappa shape index (κ2) is 10.9. The van der Waals surface area contributed by atoms with E-state index in [4.69, 9.17) is 4.74 Å². The molecule has 29 heavy (non-hydrogen) atoms. The molecule has 0 unspecified atom stereocenters. The summed E-state index contributed by atoms with van der Waals surface area (Å²) in [6.45, 7) is 1.41. The summed E-state index contributed by atoms with van der Waals surface area (Å²) in [4.78, 5) is 16.5. The monoisotopic (exact) mass is 389 g/mol. The molecule has 0 spiro atoms. The number of hydrogen-bond acceptors (Lipinski definition) is 4. The van der Waals surface area contributed by atoms with Crippen molar-refractivity contribution in [1.82, 2.24) is 10.3 Å². The van der Waals surface area contributed by atoms with E-state index in [-0.39, 0.29) is 5.91 Å². The molecule has 0 aliphatic heterocycles. The molecule has 3 rings (SSSR count). The van der Waals surface area contributed by atoms with Gasteiger partial charge in [-0.05, 0) is 54.7 Å². The van der Waals surface area contributed by atoms with E-state index in [2.05, 4.69) is 33.8 Å². The van der Waals surface area contributed by atoms with Crippen LogP contribution in [0.25, 0.3) is 0 Å². The Balaban J connectivity index is 1.39. The first-order chi connectivity index (χ1) is 14.2. The van der Waals surface area contributed by atoms with Crippen molar-refractivity contribution in [3.05, 3.63) is 89.7 Å². The molecular formula is C24H27N3O2. The minimum absolute atomic E-state index is 0.138. The highest BCUT2D eigenvalue weighted by Crippen LogP contribution is 2.13. The Hall–Kier alpha value is -3.34. The fourth-order valence-corrected chi connectivity index (χ4v) is 3.04. The van der Waals surface area contributed by atoms with Crippen LogP contribution < -0.4 is 15.4 Å². The molecule has 1 aromatic heterocycles. The van der Waals surface area contributed by atoms with E-state index >= 15 is 0 Å². The lowest BCUT2D eigenvalue weighted by atomic mass is 10.1. The van der Waals surface area contributed by atoms with Crippen LogP contribution in [0, 0.1) is 0 Å². The zero-order valence-corrected chi connectivity index (χ0v) is 16.7. The summed E-state index contributed by atoms with van der Waals surface area (Å²) in [7, 11) is 1.67. The lowest BCUT2D eigenvalue weighted by Crippen LogP contribution is -2.25. The average Bonchev–Trinajstić information content (AvgIpc) is 2.78. The number of methoxy groups -OCH3 is 1.